The largest absolute Gasteiger partial charge is 0.458 e. The van der Waals surface area contributed by atoms with Gasteiger partial charge in [-0.3, -0.25) is 0 Å². The number of alkyl halides is 7. The third kappa shape index (κ3) is 3.21. The van der Waals surface area contributed by atoms with Crippen molar-refractivity contribution < 1.29 is 35.9 Å². The SMILES string of the molecule is CCC(C)(C)OC(=O)C(Cl)(C(F)(F)F)C(F)(F)F. The van der Waals surface area contributed by atoms with E-state index >= 15 is 0 Å². The first-order valence-corrected chi connectivity index (χ1v) is 5.12. The molecule has 0 rings (SSSR count). The van der Waals surface area contributed by atoms with Crippen molar-refractivity contribution in [3.05, 3.63) is 0 Å². The summed E-state index contributed by atoms with van der Waals surface area (Å²) in [6.45, 7) is 3.79. The highest BCUT2D eigenvalue weighted by atomic mass is 35.5. The Bertz CT molecular complexity index is 306. The molecule has 0 amide bonds. The number of esters is 1. The van der Waals surface area contributed by atoms with Crippen molar-refractivity contribution in [1.29, 1.82) is 0 Å². The second-order valence-electron chi connectivity index (χ2n) is 4.16. The van der Waals surface area contributed by atoms with E-state index in [9.17, 15) is 31.1 Å². The summed E-state index contributed by atoms with van der Waals surface area (Å²) < 4.78 is 78.5. The van der Waals surface area contributed by atoms with E-state index in [1.165, 1.54) is 20.8 Å². The number of ether oxygens (including phenoxy) is 1. The van der Waals surface area contributed by atoms with Crippen LogP contribution in [-0.4, -0.2) is 28.8 Å². The normalized spacial score (nSPS) is 14.6. The predicted molar refractivity (Wildman–Crippen MR) is 51.2 cm³/mol. The predicted octanol–water partition coefficient (Wildman–Crippen LogP) is 3.82. The third-order valence-electron chi connectivity index (χ3n) is 2.28. The van der Waals surface area contributed by atoms with E-state index in [0.717, 1.165) is 0 Å². The molecule has 2 nitrogen and oxygen atoms in total. The first kappa shape index (κ1) is 17.3. The van der Waals surface area contributed by atoms with E-state index in [2.05, 4.69) is 16.3 Å². The van der Waals surface area contributed by atoms with Gasteiger partial charge in [-0.2, -0.15) is 26.3 Å². The summed E-state index contributed by atoms with van der Waals surface area (Å²) in [5.74, 6) is -2.57. The number of carbonyl (C=O) groups is 1. The highest BCUT2D eigenvalue weighted by molar-refractivity contribution is 6.35. The second kappa shape index (κ2) is 4.79. The topological polar surface area (TPSA) is 26.3 Å². The van der Waals surface area contributed by atoms with Crippen molar-refractivity contribution in [3.8, 4) is 0 Å². The van der Waals surface area contributed by atoms with E-state index in [-0.39, 0.29) is 6.42 Å². The fourth-order valence-corrected chi connectivity index (χ4v) is 0.824. The van der Waals surface area contributed by atoms with Crippen molar-refractivity contribution in [2.75, 3.05) is 0 Å². The molecule has 0 saturated heterocycles. The fourth-order valence-electron chi connectivity index (χ4n) is 0.786. The van der Waals surface area contributed by atoms with Gasteiger partial charge in [-0.05, 0) is 20.3 Å². The summed E-state index contributed by atoms with van der Waals surface area (Å²) >= 11 is 4.48. The van der Waals surface area contributed by atoms with Gasteiger partial charge in [-0.1, -0.05) is 18.5 Å². The van der Waals surface area contributed by atoms with Crippen molar-refractivity contribution in [2.24, 2.45) is 0 Å². The highest BCUT2D eigenvalue weighted by Gasteiger charge is 2.76. The lowest BCUT2D eigenvalue weighted by molar-refractivity contribution is -0.271. The van der Waals surface area contributed by atoms with E-state index in [1.54, 1.807) is 0 Å². The minimum Gasteiger partial charge on any atom is -0.458 e. The Kier molecular flexibility index (Phi) is 4.61. The summed E-state index contributed by atoms with van der Waals surface area (Å²) in [6, 6.07) is 0. The molecule has 0 bridgehead atoms. The molecule has 9 heteroatoms. The molecule has 0 aliphatic carbocycles. The quantitative estimate of drug-likeness (QED) is 0.450. The van der Waals surface area contributed by atoms with E-state index < -0.39 is 28.8 Å². The van der Waals surface area contributed by atoms with Crippen LogP contribution in [0.5, 0.6) is 0 Å². The monoisotopic (exact) mass is 300 g/mol. The average molecular weight is 301 g/mol. The zero-order chi connectivity index (χ0) is 15.0. The molecule has 0 radical (unpaired) electrons. The zero-order valence-corrected chi connectivity index (χ0v) is 10.4. The Morgan fingerprint density at radius 2 is 1.39 bits per heavy atom. The molecule has 0 aromatic rings. The van der Waals surface area contributed by atoms with Gasteiger partial charge in [0, 0.05) is 0 Å². The van der Waals surface area contributed by atoms with Gasteiger partial charge < -0.3 is 4.74 Å². The molecule has 0 unspecified atom stereocenters. The van der Waals surface area contributed by atoms with Gasteiger partial charge in [-0.25, -0.2) is 4.79 Å². The molecule has 0 N–H and O–H groups in total. The van der Waals surface area contributed by atoms with Crippen LogP contribution in [0.15, 0.2) is 0 Å². The maximum absolute atomic E-state index is 12.4. The second-order valence-corrected chi connectivity index (χ2v) is 4.72. The summed E-state index contributed by atoms with van der Waals surface area (Å²) in [5.41, 5.74) is -1.48. The molecule has 0 saturated carbocycles. The van der Waals surface area contributed by atoms with Gasteiger partial charge in [0.25, 0.3) is 0 Å². The number of hydrogen-bond donors (Lipinski definition) is 0. The first-order chi connectivity index (χ1) is 7.69. The molecule has 0 aliphatic heterocycles. The van der Waals surface area contributed by atoms with Crippen LogP contribution in [0.25, 0.3) is 0 Å². The number of hydrogen-bond acceptors (Lipinski definition) is 2. The minimum absolute atomic E-state index is 0.0292. The summed E-state index contributed by atoms with van der Waals surface area (Å²) in [5, 5.41) is 0. The average Bonchev–Trinajstić information content (AvgIpc) is 2.12. The van der Waals surface area contributed by atoms with Gasteiger partial charge in [0.15, 0.2) is 0 Å². The lowest BCUT2D eigenvalue weighted by Gasteiger charge is -2.33. The van der Waals surface area contributed by atoms with Gasteiger partial charge in [0.05, 0.1) is 0 Å². The Morgan fingerprint density at radius 1 is 1.06 bits per heavy atom. The lowest BCUT2D eigenvalue weighted by Crippen LogP contribution is -2.59. The summed E-state index contributed by atoms with van der Waals surface area (Å²) in [6.07, 6.45) is -12.0. The number of carbonyl (C=O) groups excluding carboxylic acids is 1. The van der Waals surface area contributed by atoms with Gasteiger partial charge in [0.1, 0.15) is 5.60 Å². The Balaban J connectivity index is 5.47. The Morgan fingerprint density at radius 3 is 1.61 bits per heavy atom. The molecule has 0 aliphatic rings. The van der Waals surface area contributed by atoms with Crippen molar-refractivity contribution in [1.82, 2.24) is 0 Å². The van der Waals surface area contributed by atoms with Crippen LogP contribution >= 0.6 is 11.6 Å². The maximum Gasteiger partial charge on any atom is 0.427 e. The summed E-state index contributed by atoms with van der Waals surface area (Å²) in [4.78, 5) is 6.09. The maximum atomic E-state index is 12.4. The smallest absolute Gasteiger partial charge is 0.427 e. The molecule has 0 spiro atoms. The number of halogens is 7. The number of rotatable bonds is 3. The molecular formula is C9H11ClF6O2. The molecule has 0 aromatic heterocycles. The van der Waals surface area contributed by atoms with Crippen molar-refractivity contribution in [3.63, 3.8) is 0 Å². The first-order valence-electron chi connectivity index (χ1n) is 4.75. The Hall–Kier alpha value is -0.660. The van der Waals surface area contributed by atoms with Crippen LogP contribution in [0.1, 0.15) is 27.2 Å². The standard InChI is InChI=1S/C9H11ClF6O2/c1-4-6(2,3)18-5(17)7(10,8(11,12)13)9(14,15)16/h4H2,1-3H3. The molecule has 0 heterocycles. The van der Waals surface area contributed by atoms with Crippen molar-refractivity contribution in [2.45, 2.75) is 50.0 Å². The molecule has 0 aromatic carbocycles. The van der Waals surface area contributed by atoms with Crippen LogP contribution in [0, 0.1) is 0 Å². The Labute approximate surface area is 104 Å². The van der Waals surface area contributed by atoms with E-state index in [0.29, 0.717) is 0 Å². The zero-order valence-electron chi connectivity index (χ0n) is 9.67. The molecule has 0 fully saturated rings. The molecule has 108 valence electrons. The third-order valence-corrected chi connectivity index (χ3v) is 2.87. The van der Waals surface area contributed by atoms with Crippen LogP contribution in [0.4, 0.5) is 26.3 Å². The van der Waals surface area contributed by atoms with Gasteiger partial charge in [-0.15, -0.1) is 0 Å². The summed E-state index contributed by atoms with van der Waals surface area (Å²) in [7, 11) is 0. The van der Waals surface area contributed by atoms with Crippen LogP contribution in [0.3, 0.4) is 0 Å². The van der Waals surface area contributed by atoms with Gasteiger partial charge >= 0.3 is 23.2 Å². The van der Waals surface area contributed by atoms with E-state index in [4.69, 9.17) is 0 Å². The van der Waals surface area contributed by atoms with Gasteiger partial charge in [0.2, 0.25) is 0 Å². The minimum atomic E-state index is -6.01. The molecule has 18 heavy (non-hydrogen) atoms. The van der Waals surface area contributed by atoms with Crippen LogP contribution in [0.2, 0.25) is 0 Å². The van der Waals surface area contributed by atoms with Crippen LogP contribution < -0.4 is 0 Å². The lowest BCUT2D eigenvalue weighted by atomic mass is 10.0. The highest BCUT2D eigenvalue weighted by Crippen LogP contribution is 2.49. The van der Waals surface area contributed by atoms with E-state index in [1.807, 2.05) is 0 Å². The van der Waals surface area contributed by atoms with Crippen molar-refractivity contribution >= 4 is 17.6 Å². The molecular weight excluding hydrogens is 290 g/mol. The van der Waals surface area contributed by atoms with Crippen LogP contribution in [-0.2, 0) is 9.53 Å². The molecule has 0 atom stereocenters. The fraction of sp³-hybridized carbons (Fsp3) is 0.889.